The van der Waals surface area contributed by atoms with E-state index < -0.39 is 0 Å². The predicted molar refractivity (Wildman–Crippen MR) is 109 cm³/mol. The number of hydrogen-bond donors (Lipinski definition) is 0. The minimum absolute atomic E-state index is 0.0368. The third kappa shape index (κ3) is 2.61. The molecule has 3 aliphatic rings. The summed E-state index contributed by atoms with van der Waals surface area (Å²) in [6.45, 7) is 0.507. The van der Waals surface area contributed by atoms with Crippen molar-refractivity contribution in [2.24, 2.45) is 17.8 Å². The lowest BCUT2D eigenvalue weighted by molar-refractivity contribution is -0.142. The van der Waals surface area contributed by atoms with Crippen molar-refractivity contribution in [3.05, 3.63) is 74.2 Å². The van der Waals surface area contributed by atoms with Crippen LogP contribution in [0.4, 0.5) is 0 Å². The smallest absolute Gasteiger partial charge is 0.310 e. The van der Waals surface area contributed by atoms with Gasteiger partial charge in [-0.15, -0.1) is 0 Å². The zero-order chi connectivity index (χ0) is 17.8. The first-order valence-electron chi connectivity index (χ1n) is 9.04. The number of fused-ring (bicyclic) bond motifs is 4. The fourth-order valence-corrected chi connectivity index (χ4v) is 6.41. The van der Waals surface area contributed by atoms with Gasteiger partial charge in [0.25, 0.3) is 0 Å². The van der Waals surface area contributed by atoms with Crippen molar-refractivity contribution < 1.29 is 9.53 Å². The highest BCUT2D eigenvalue weighted by Crippen LogP contribution is 2.54. The first kappa shape index (κ1) is 16.8. The van der Waals surface area contributed by atoms with E-state index in [0.29, 0.717) is 12.5 Å². The van der Waals surface area contributed by atoms with Crippen molar-refractivity contribution >= 4 is 43.4 Å². The molecule has 2 aliphatic carbocycles. The maximum atomic E-state index is 12.6. The number of halogens is 2. The number of rotatable bonds is 1. The Labute approximate surface area is 169 Å². The second kappa shape index (κ2) is 6.35. The highest BCUT2D eigenvalue weighted by molar-refractivity contribution is 9.11. The number of aryl methyl sites for hydroxylation is 1. The molecule has 0 N–H and O–H groups in total. The van der Waals surface area contributed by atoms with Crippen molar-refractivity contribution in [2.75, 3.05) is 6.61 Å². The number of allylic oxidation sites excluding steroid dienone is 1. The molecule has 2 nitrogen and oxygen atoms in total. The van der Waals surface area contributed by atoms with Crippen molar-refractivity contribution in [1.29, 1.82) is 0 Å². The molecule has 4 atom stereocenters. The molecule has 132 valence electrons. The first-order chi connectivity index (χ1) is 12.6. The molecule has 0 bridgehead atoms. The molecule has 0 saturated carbocycles. The SMILES string of the molecule is O=C1OC[C@H]2C=C3c4ccccc4CC[C@H]3[C@@H](c3cc(Br)cc(Br)c3)[C@@H]12. The fraction of sp³-hybridized carbons (Fsp3) is 0.318. The molecule has 5 rings (SSSR count). The Morgan fingerprint density at radius 2 is 1.77 bits per heavy atom. The molecule has 1 fully saturated rings. The number of cyclic esters (lactones) is 1. The van der Waals surface area contributed by atoms with Crippen LogP contribution in [0.25, 0.3) is 5.57 Å². The van der Waals surface area contributed by atoms with Gasteiger partial charge >= 0.3 is 5.97 Å². The van der Waals surface area contributed by atoms with Gasteiger partial charge in [-0.2, -0.15) is 0 Å². The minimum Gasteiger partial charge on any atom is -0.465 e. The van der Waals surface area contributed by atoms with Gasteiger partial charge in [-0.25, -0.2) is 0 Å². The lowest BCUT2D eigenvalue weighted by atomic mass is 9.61. The molecule has 1 saturated heterocycles. The lowest BCUT2D eigenvalue weighted by Crippen LogP contribution is -2.35. The van der Waals surface area contributed by atoms with E-state index in [4.69, 9.17) is 4.74 Å². The van der Waals surface area contributed by atoms with Crippen LogP contribution in [0.15, 0.2) is 57.5 Å². The normalized spacial score (nSPS) is 29.3. The van der Waals surface area contributed by atoms with Crippen LogP contribution in [-0.2, 0) is 16.0 Å². The third-order valence-electron chi connectivity index (χ3n) is 6.09. The average molecular weight is 474 g/mol. The van der Waals surface area contributed by atoms with Crippen LogP contribution in [0, 0.1) is 17.8 Å². The highest BCUT2D eigenvalue weighted by atomic mass is 79.9. The summed E-state index contributed by atoms with van der Waals surface area (Å²) >= 11 is 7.24. The van der Waals surface area contributed by atoms with Crippen LogP contribution >= 0.6 is 31.9 Å². The van der Waals surface area contributed by atoms with Gasteiger partial charge < -0.3 is 4.74 Å². The van der Waals surface area contributed by atoms with Gasteiger partial charge in [0.05, 0.1) is 12.5 Å². The Morgan fingerprint density at radius 3 is 2.58 bits per heavy atom. The van der Waals surface area contributed by atoms with E-state index in [9.17, 15) is 4.79 Å². The standard InChI is InChI=1S/C22H18Br2O2/c23-15-7-13(8-16(24)10-15)20-18-6-5-12-3-1-2-4-17(12)19(18)9-14-11-26-22(25)21(14)20/h1-4,7-10,14,18,20-21H,5-6,11H2/t14-,18-,20-,21+/m1/s1. The van der Waals surface area contributed by atoms with Crippen molar-refractivity contribution in [3.63, 3.8) is 0 Å². The lowest BCUT2D eigenvalue weighted by Gasteiger charge is -2.41. The van der Waals surface area contributed by atoms with Gasteiger partial charge in [0.2, 0.25) is 0 Å². The first-order valence-corrected chi connectivity index (χ1v) is 10.6. The van der Waals surface area contributed by atoms with Crippen LogP contribution in [-0.4, -0.2) is 12.6 Å². The van der Waals surface area contributed by atoms with E-state index in [1.807, 2.05) is 6.07 Å². The van der Waals surface area contributed by atoms with Crippen LogP contribution in [0.1, 0.15) is 29.0 Å². The van der Waals surface area contributed by atoms with Crippen LogP contribution in [0.2, 0.25) is 0 Å². The molecule has 26 heavy (non-hydrogen) atoms. The Hall–Kier alpha value is -1.39. The largest absolute Gasteiger partial charge is 0.465 e. The summed E-state index contributed by atoms with van der Waals surface area (Å²) in [4.78, 5) is 12.6. The van der Waals surface area contributed by atoms with E-state index in [2.05, 4.69) is 74.3 Å². The van der Waals surface area contributed by atoms with Crippen molar-refractivity contribution in [1.82, 2.24) is 0 Å². The molecule has 0 aromatic heterocycles. The zero-order valence-electron chi connectivity index (χ0n) is 14.1. The number of esters is 1. The van der Waals surface area contributed by atoms with E-state index >= 15 is 0 Å². The quantitative estimate of drug-likeness (QED) is 0.493. The van der Waals surface area contributed by atoms with Gasteiger partial charge in [0.15, 0.2) is 0 Å². The van der Waals surface area contributed by atoms with Crippen molar-refractivity contribution in [3.8, 4) is 0 Å². The second-order valence-corrected chi connectivity index (χ2v) is 9.30. The number of benzene rings is 2. The summed E-state index contributed by atoms with van der Waals surface area (Å²) in [5, 5.41) is 0. The van der Waals surface area contributed by atoms with Crippen LogP contribution in [0.3, 0.4) is 0 Å². The van der Waals surface area contributed by atoms with E-state index in [0.717, 1.165) is 21.8 Å². The Balaban J connectivity index is 1.69. The molecule has 4 heteroatoms. The molecule has 2 aromatic carbocycles. The average Bonchev–Trinajstić information content (AvgIpc) is 2.99. The van der Waals surface area contributed by atoms with Crippen LogP contribution in [0.5, 0.6) is 0 Å². The number of ether oxygens (including phenoxy) is 1. The maximum absolute atomic E-state index is 12.6. The summed E-state index contributed by atoms with van der Waals surface area (Å²) in [6, 6.07) is 15.1. The second-order valence-electron chi connectivity index (χ2n) is 7.47. The van der Waals surface area contributed by atoms with Gasteiger partial charge in [-0.1, -0.05) is 62.2 Å². The summed E-state index contributed by atoms with van der Waals surface area (Å²) < 4.78 is 7.58. The van der Waals surface area contributed by atoms with Gasteiger partial charge in [0.1, 0.15) is 0 Å². The Bertz CT molecular complexity index is 913. The van der Waals surface area contributed by atoms with E-state index in [1.165, 1.54) is 22.3 Å². The topological polar surface area (TPSA) is 26.3 Å². The summed E-state index contributed by atoms with van der Waals surface area (Å²) in [5.41, 5.74) is 5.41. The molecule has 1 heterocycles. The third-order valence-corrected chi connectivity index (χ3v) is 7.00. The zero-order valence-corrected chi connectivity index (χ0v) is 17.3. The summed E-state index contributed by atoms with van der Waals surface area (Å²) in [5.74, 6) is 0.582. The Morgan fingerprint density at radius 1 is 1.00 bits per heavy atom. The highest BCUT2D eigenvalue weighted by Gasteiger charge is 2.50. The minimum atomic E-state index is -0.0739. The molecule has 0 radical (unpaired) electrons. The molecular weight excluding hydrogens is 456 g/mol. The summed E-state index contributed by atoms with van der Waals surface area (Å²) in [7, 11) is 0. The molecule has 0 spiro atoms. The maximum Gasteiger partial charge on any atom is 0.310 e. The number of carbonyl (C=O) groups is 1. The van der Waals surface area contributed by atoms with E-state index in [-0.39, 0.29) is 23.7 Å². The van der Waals surface area contributed by atoms with Gasteiger partial charge in [-0.05, 0) is 59.2 Å². The molecular formula is C22H18Br2O2. The van der Waals surface area contributed by atoms with Gasteiger partial charge in [-0.3, -0.25) is 4.79 Å². The number of carbonyl (C=O) groups excluding carboxylic acids is 1. The summed E-state index contributed by atoms with van der Waals surface area (Å²) in [6.07, 6.45) is 4.48. The molecule has 2 aromatic rings. The fourth-order valence-electron chi connectivity index (χ4n) is 5.08. The molecule has 0 amide bonds. The number of hydrogen-bond acceptors (Lipinski definition) is 2. The molecule has 0 unspecified atom stereocenters. The van der Waals surface area contributed by atoms with E-state index in [1.54, 1.807) is 0 Å². The monoisotopic (exact) mass is 472 g/mol. The predicted octanol–water partition coefficient (Wildman–Crippen LogP) is 5.74. The van der Waals surface area contributed by atoms with Gasteiger partial charge in [0, 0.05) is 20.8 Å². The Kier molecular flexibility index (Phi) is 4.09. The van der Waals surface area contributed by atoms with Crippen LogP contribution < -0.4 is 0 Å². The van der Waals surface area contributed by atoms with Crippen molar-refractivity contribution in [2.45, 2.75) is 18.8 Å². The molecule has 1 aliphatic heterocycles.